The van der Waals surface area contributed by atoms with Crippen LogP contribution in [0.5, 0.6) is 0 Å². The van der Waals surface area contributed by atoms with Crippen molar-refractivity contribution in [1.29, 1.82) is 0 Å². The van der Waals surface area contributed by atoms with Crippen LogP contribution in [-0.4, -0.2) is 33.6 Å². The van der Waals surface area contributed by atoms with Gasteiger partial charge in [-0.3, -0.25) is 0 Å². The zero-order valence-corrected chi connectivity index (χ0v) is 9.89. The SMILES string of the molecule is OC1CCC(CC2CCCCC2)C(O)C1O. The molecule has 0 saturated heterocycles. The molecule has 0 bridgehead atoms. The molecule has 0 aromatic rings. The smallest absolute Gasteiger partial charge is 0.106 e. The van der Waals surface area contributed by atoms with E-state index in [-0.39, 0.29) is 5.92 Å². The Morgan fingerprint density at radius 1 is 0.750 bits per heavy atom. The highest BCUT2D eigenvalue weighted by Gasteiger charge is 2.37. The van der Waals surface area contributed by atoms with Crippen LogP contribution in [-0.2, 0) is 0 Å². The van der Waals surface area contributed by atoms with Crippen LogP contribution in [0.25, 0.3) is 0 Å². The molecule has 3 N–H and O–H groups in total. The van der Waals surface area contributed by atoms with Gasteiger partial charge in [-0.2, -0.15) is 0 Å². The van der Waals surface area contributed by atoms with Crippen LogP contribution in [0.3, 0.4) is 0 Å². The van der Waals surface area contributed by atoms with Gasteiger partial charge in [0.25, 0.3) is 0 Å². The Hall–Kier alpha value is -0.120. The largest absolute Gasteiger partial charge is 0.390 e. The lowest BCUT2D eigenvalue weighted by Gasteiger charge is -2.37. The first-order valence-electron chi connectivity index (χ1n) is 6.72. The van der Waals surface area contributed by atoms with Crippen LogP contribution < -0.4 is 0 Å². The van der Waals surface area contributed by atoms with Crippen molar-refractivity contribution in [1.82, 2.24) is 0 Å². The van der Waals surface area contributed by atoms with E-state index in [2.05, 4.69) is 0 Å². The maximum Gasteiger partial charge on any atom is 0.106 e. The third-order valence-corrected chi connectivity index (χ3v) is 4.42. The van der Waals surface area contributed by atoms with Crippen molar-refractivity contribution >= 4 is 0 Å². The predicted molar refractivity (Wildman–Crippen MR) is 61.9 cm³/mol. The third-order valence-electron chi connectivity index (χ3n) is 4.42. The molecule has 16 heavy (non-hydrogen) atoms. The summed E-state index contributed by atoms with van der Waals surface area (Å²) in [6.45, 7) is 0. The molecule has 4 unspecified atom stereocenters. The average Bonchev–Trinajstić information content (AvgIpc) is 2.31. The molecule has 2 fully saturated rings. The van der Waals surface area contributed by atoms with E-state index in [1.165, 1.54) is 32.1 Å². The second-order valence-corrected chi connectivity index (χ2v) is 5.63. The summed E-state index contributed by atoms with van der Waals surface area (Å²) in [5.74, 6) is 0.928. The maximum atomic E-state index is 9.93. The van der Waals surface area contributed by atoms with Crippen molar-refractivity contribution in [3.05, 3.63) is 0 Å². The van der Waals surface area contributed by atoms with Gasteiger partial charge in [-0.25, -0.2) is 0 Å². The van der Waals surface area contributed by atoms with Gasteiger partial charge in [-0.15, -0.1) is 0 Å². The summed E-state index contributed by atoms with van der Waals surface area (Å²) >= 11 is 0. The lowest BCUT2D eigenvalue weighted by Crippen LogP contribution is -2.46. The van der Waals surface area contributed by atoms with Crippen LogP contribution in [0, 0.1) is 11.8 Å². The molecule has 0 aromatic heterocycles. The Bertz CT molecular complexity index is 213. The van der Waals surface area contributed by atoms with Gasteiger partial charge < -0.3 is 15.3 Å². The van der Waals surface area contributed by atoms with Crippen LogP contribution in [0.4, 0.5) is 0 Å². The zero-order valence-electron chi connectivity index (χ0n) is 9.89. The van der Waals surface area contributed by atoms with E-state index in [1.807, 2.05) is 0 Å². The molecule has 0 amide bonds. The highest BCUT2D eigenvalue weighted by Crippen LogP contribution is 2.35. The normalized spacial score (nSPS) is 42.2. The molecule has 2 rings (SSSR count). The first-order valence-corrected chi connectivity index (χ1v) is 6.72. The highest BCUT2D eigenvalue weighted by atomic mass is 16.4. The van der Waals surface area contributed by atoms with E-state index < -0.39 is 18.3 Å². The minimum Gasteiger partial charge on any atom is -0.390 e. The Morgan fingerprint density at radius 2 is 1.44 bits per heavy atom. The summed E-state index contributed by atoms with van der Waals surface area (Å²) in [5.41, 5.74) is 0. The molecule has 4 atom stereocenters. The standard InChI is InChI=1S/C13H24O3/c14-11-7-6-10(12(15)13(11)16)8-9-4-2-1-3-5-9/h9-16H,1-8H2. The fraction of sp³-hybridized carbons (Fsp3) is 1.00. The van der Waals surface area contributed by atoms with E-state index in [0.29, 0.717) is 6.42 Å². The monoisotopic (exact) mass is 228 g/mol. The fourth-order valence-corrected chi connectivity index (χ4v) is 3.34. The van der Waals surface area contributed by atoms with Gasteiger partial charge in [0, 0.05) is 0 Å². The summed E-state index contributed by atoms with van der Waals surface area (Å²) < 4.78 is 0. The van der Waals surface area contributed by atoms with Gasteiger partial charge in [0.05, 0.1) is 12.2 Å². The Labute approximate surface area is 97.5 Å². The minimum atomic E-state index is -0.928. The lowest BCUT2D eigenvalue weighted by molar-refractivity contribution is -0.114. The molecule has 0 aliphatic heterocycles. The molecule has 94 valence electrons. The molecule has 0 spiro atoms. The summed E-state index contributed by atoms with van der Waals surface area (Å²) in [4.78, 5) is 0. The lowest BCUT2D eigenvalue weighted by atomic mass is 9.75. The van der Waals surface area contributed by atoms with Crippen molar-refractivity contribution in [3.63, 3.8) is 0 Å². The number of aliphatic hydroxyl groups is 3. The minimum absolute atomic E-state index is 0.196. The molecule has 0 radical (unpaired) electrons. The van der Waals surface area contributed by atoms with E-state index in [4.69, 9.17) is 0 Å². The first-order chi connectivity index (χ1) is 7.68. The maximum absolute atomic E-state index is 9.93. The molecule has 3 heteroatoms. The molecule has 2 aliphatic carbocycles. The number of rotatable bonds is 2. The summed E-state index contributed by atoms with van der Waals surface area (Å²) in [5, 5.41) is 29.0. The second-order valence-electron chi connectivity index (χ2n) is 5.63. The van der Waals surface area contributed by atoms with Gasteiger partial charge in [0.1, 0.15) is 6.10 Å². The predicted octanol–water partition coefficient (Wildman–Crippen LogP) is 1.45. The van der Waals surface area contributed by atoms with E-state index in [1.54, 1.807) is 0 Å². The number of aliphatic hydroxyl groups excluding tert-OH is 3. The Kier molecular flexibility index (Phi) is 4.22. The van der Waals surface area contributed by atoms with Crippen molar-refractivity contribution in [2.24, 2.45) is 11.8 Å². The highest BCUT2D eigenvalue weighted by molar-refractivity contribution is 4.88. The van der Waals surface area contributed by atoms with Gasteiger partial charge in [-0.05, 0) is 31.1 Å². The van der Waals surface area contributed by atoms with Crippen LogP contribution >= 0.6 is 0 Å². The molecule has 0 heterocycles. The Morgan fingerprint density at radius 3 is 2.12 bits per heavy atom. The van der Waals surface area contributed by atoms with Crippen molar-refractivity contribution in [2.45, 2.75) is 69.7 Å². The van der Waals surface area contributed by atoms with Crippen molar-refractivity contribution in [2.75, 3.05) is 0 Å². The van der Waals surface area contributed by atoms with Crippen LogP contribution in [0.2, 0.25) is 0 Å². The van der Waals surface area contributed by atoms with Gasteiger partial charge >= 0.3 is 0 Å². The molecular formula is C13H24O3. The van der Waals surface area contributed by atoms with E-state index in [9.17, 15) is 15.3 Å². The van der Waals surface area contributed by atoms with Crippen LogP contribution in [0.1, 0.15) is 51.4 Å². The number of hydrogen-bond donors (Lipinski definition) is 3. The quantitative estimate of drug-likeness (QED) is 0.670. The second kappa shape index (κ2) is 5.48. The van der Waals surface area contributed by atoms with Crippen LogP contribution in [0.15, 0.2) is 0 Å². The van der Waals surface area contributed by atoms with Crippen molar-refractivity contribution in [3.8, 4) is 0 Å². The summed E-state index contributed by atoms with van der Waals surface area (Å²) in [7, 11) is 0. The number of hydrogen-bond acceptors (Lipinski definition) is 3. The van der Waals surface area contributed by atoms with E-state index in [0.717, 1.165) is 18.8 Å². The fourth-order valence-electron chi connectivity index (χ4n) is 3.34. The first kappa shape index (κ1) is 12.3. The molecular weight excluding hydrogens is 204 g/mol. The summed E-state index contributed by atoms with van der Waals surface area (Å²) in [6.07, 6.45) is 6.70. The van der Waals surface area contributed by atoms with Gasteiger partial charge in [-0.1, -0.05) is 32.1 Å². The Balaban J connectivity index is 1.84. The van der Waals surface area contributed by atoms with E-state index >= 15 is 0 Å². The molecule has 2 saturated carbocycles. The van der Waals surface area contributed by atoms with Gasteiger partial charge in [0.15, 0.2) is 0 Å². The topological polar surface area (TPSA) is 60.7 Å². The zero-order chi connectivity index (χ0) is 11.5. The molecule has 3 nitrogen and oxygen atoms in total. The molecule has 2 aliphatic rings. The van der Waals surface area contributed by atoms with Crippen molar-refractivity contribution < 1.29 is 15.3 Å². The average molecular weight is 228 g/mol. The summed E-state index contributed by atoms with van der Waals surface area (Å²) in [6, 6.07) is 0. The third kappa shape index (κ3) is 2.76. The van der Waals surface area contributed by atoms with Gasteiger partial charge in [0.2, 0.25) is 0 Å². The molecule has 0 aromatic carbocycles.